The highest BCUT2D eigenvalue weighted by molar-refractivity contribution is 4.76. The number of fused-ring (bicyclic) bond motifs is 1. The number of piperidine rings is 1. The van der Waals surface area contributed by atoms with Crippen LogP contribution in [-0.2, 0) is 0 Å². The highest BCUT2D eigenvalue weighted by Crippen LogP contribution is 2.27. The molecular weight excluding hydrogens is 134 g/mol. The summed E-state index contributed by atoms with van der Waals surface area (Å²) in [6.45, 7) is 1.43. The van der Waals surface area contributed by atoms with E-state index in [2.05, 4.69) is 7.05 Å². The van der Waals surface area contributed by atoms with Crippen molar-refractivity contribution in [3.8, 4) is 0 Å². The molecule has 1 unspecified atom stereocenters. The number of rotatable bonds is 0. The highest BCUT2D eigenvalue weighted by Gasteiger charge is 2.33. The van der Waals surface area contributed by atoms with Crippen LogP contribution in [0.2, 0.25) is 0 Å². The van der Waals surface area contributed by atoms with Gasteiger partial charge in [-0.25, -0.2) is 0 Å². The number of quaternary nitrogens is 1. The molecule has 0 amide bonds. The first-order valence-electron chi connectivity index (χ1n) is 5.20. The largest absolute Gasteiger partial charge is 0.335 e. The average Bonchev–Trinajstić information content (AvgIpc) is 2.06. The molecule has 11 heavy (non-hydrogen) atoms. The van der Waals surface area contributed by atoms with Crippen LogP contribution in [0.5, 0.6) is 0 Å². The van der Waals surface area contributed by atoms with Gasteiger partial charge in [-0.3, -0.25) is 0 Å². The van der Waals surface area contributed by atoms with E-state index < -0.39 is 0 Å². The van der Waals surface area contributed by atoms with E-state index in [1.54, 1.807) is 0 Å². The SMILES string of the molecule is C[NH+]1CCC[C@H]2CCCC[C@H]21. The van der Waals surface area contributed by atoms with E-state index >= 15 is 0 Å². The van der Waals surface area contributed by atoms with Crippen molar-refractivity contribution in [3.05, 3.63) is 0 Å². The number of hydrogen-bond acceptors (Lipinski definition) is 0. The second kappa shape index (κ2) is 3.14. The maximum absolute atomic E-state index is 2.39. The third-order valence-corrected chi connectivity index (χ3v) is 3.69. The molecule has 0 spiro atoms. The number of likely N-dealkylation sites (tertiary alicyclic amines) is 1. The van der Waals surface area contributed by atoms with Crippen LogP contribution >= 0.6 is 0 Å². The van der Waals surface area contributed by atoms with Crippen LogP contribution < -0.4 is 4.90 Å². The molecule has 1 aliphatic heterocycles. The fourth-order valence-electron chi connectivity index (χ4n) is 3.03. The van der Waals surface area contributed by atoms with Crippen LogP contribution in [0.3, 0.4) is 0 Å². The second-order valence-electron chi connectivity index (χ2n) is 4.39. The molecule has 1 N–H and O–H groups in total. The first-order valence-corrected chi connectivity index (χ1v) is 5.20. The van der Waals surface area contributed by atoms with Gasteiger partial charge in [0.15, 0.2) is 0 Å². The summed E-state index contributed by atoms with van der Waals surface area (Å²) in [5.74, 6) is 1.09. The standard InChI is InChI=1S/C10H19N/c1-11-8-4-6-9-5-2-3-7-10(9)11/h9-10H,2-8H2,1H3/p+1/t9-,10-/m1/s1. The highest BCUT2D eigenvalue weighted by atomic mass is 15.1. The van der Waals surface area contributed by atoms with Crippen LogP contribution in [0.4, 0.5) is 0 Å². The normalized spacial score (nSPS) is 45.0. The van der Waals surface area contributed by atoms with E-state index in [1.807, 2.05) is 4.90 Å². The molecule has 1 heterocycles. The van der Waals surface area contributed by atoms with Crippen molar-refractivity contribution in [2.24, 2.45) is 5.92 Å². The van der Waals surface area contributed by atoms with Crippen molar-refractivity contribution in [1.82, 2.24) is 0 Å². The van der Waals surface area contributed by atoms with Crippen molar-refractivity contribution in [3.63, 3.8) is 0 Å². The Bertz CT molecular complexity index is 131. The van der Waals surface area contributed by atoms with Gasteiger partial charge in [-0.2, -0.15) is 0 Å². The molecule has 0 bridgehead atoms. The van der Waals surface area contributed by atoms with Crippen LogP contribution in [0.1, 0.15) is 38.5 Å². The van der Waals surface area contributed by atoms with Gasteiger partial charge in [-0.1, -0.05) is 6.42 Å². The minimum absolute atomic E-state index is 1.04. The Morgan fingerprint density at radius 1 is 1.00 bits per heavy atom. The molecule has 3 atom stereocenters. The Morgan fingerprint density at radius 2 is 1.73 bits per heavy atom. The monoisotopic (exact) mass is 154 g/mol. The van der Waals surface area contributed by atoms with Crippen LogP contribution in [0.15, 0.2) is 0 Å². The molecule has 1 heteroatoms. The molecule has 0 radical (unpaired) electrons. The maximum Gasteiger partial charge on any atom is 0.0901 e. The quantitative estimate of drug-likeness (QED) is 0.528. The van der Waals surface area contributed by atoms with Gasteiger partial charge < -0.3 is 4.90 Å². The van der Waals surface area contributed by atoms with Crippen LogP contribution in [-0.4, -0.2) is 19.6 Å². The molecule has 0 aromatic heterocycles. The fraction of sp³-hybridized carbons (Fsp3) is 1.00. The lowest BCUT2D eigenvalue weighted by Crippen LogP contribution is -3.15. The molecule has 0 aromatic carbocycles. The molecule has 64 valence electrons. The summed E-state index contributed by atoms with van der Waals surface area (Å²) in [6.07, 6.45) is 9.06. The molecular formula is C10H20N+. The van der Waals surface area contributed by atoms with E-state index in [1.165, 1.54) is 45.1 Å². The third kappa shape index (κ3) is 1.44. The summed E-state index contributed by atoms with van der Waals surface area (Å²) in [7, 11) is 2.39. The van der Waals surface area contributed by atoms with Gasteiger partial charge >= 0.3 is 0 Å². The number of hydrogen-bond donors (Lipinski definition) is 1. The summed E-state index contributed by atoms with van der Waals surface area (Å²) in [5.41, 5.74) is 0. The summed E-state index contributed by atoms with van der Waals surface area (Å²) in [4.78, 5) is 1.82. The molecule has 2 aliphatic rings. The average molecular weight is 154 g/mol. The van der Waals surface area contributed by atoms with Gasteiger partial charge in [0.05, 0.1) is 19.6 Å². The molecule has 1 saturated carbocycles. The Kier molecular flexibility index (Phi) is 2.17. The third-order valence-electron chi connectivity index (χ3n) is 3.69. The minimum atomic E-state index is 1.04. The summed E-state index contributed by atoms with van der Waals surface area (Å²) >= 11 is 0. The Hall–Kier alpha value is -0.0400. The predicted molar refractivity (Wildman–Crippen MR) is 46.7 cm³/mol. The smallest absolute Gasteiger partial charge is 0.0901 e. The lowest BCUT2D eigenvalue weighted by molar-refractivity contribution is -0.917. The van der Waals surface area contributed by atoms with E-state index in [0.29, 0.717) is 0 Å². The molecule has 2 rings (SSSR count). The van der Waals surface area contributed by atoms with E-state index in [4.69, 9.17) is 0 Å². The summed E-state index contributed by atoms with van der Waals surface area (Å²) in [5, 5.41) is 0. The molecule has 0 aromatic rings. The first-order chi connectivity index (χ1) is 5.38. The van der Waals surface area contributed by atoms with Crippen molar-refractivity contribution >= 4 is 0 Å². The Balaban J connectivity index is 1.99. The van der Waals surface area contributed by atoms with Gasteiger partial charge in [-0.05, 0) is 32.1 Å². The zero-order valence-electron chi connectivity index (χ0n) is 7.60. The zero-order valence-corrected chi connectivity index (χ0v) is 7.60. The lowest BCUT2D eigenvalue weighted by atomic mass is 9.79. The molecule has 1 aliphatic carbocycles. The van der Waals surface area contributed by atoms with Gasteiger partial charge in [0.25, 0.3) is 0 Å². The summed E-state index contributed by atoms with van der Waals surface area (Å²) < 4.78 is 0. The van der Waals surface area contributed by atoms with Gasteiger partial charge in [0.2, 0.25) is 0 Å². The van der Waals surface area contributed by atoms with E-state index in [-0.39, 0.29) is 0 Å². The predicted octanol–water partition coefficient (Wildman–Crippen LogP) is 0.854. The summed E-state index contributed by atoms with van der Waals surface area (Å²) in [6, 6.07) is 1.04. The van der Waals surface area contributed by atoms with Crippen molar-refractivity contribution in [2.75, 3.05) is 13.6 Å². The Morgan fingerprint density at radius 3 is 2.55 bits per heavy atom. The van der Waals surface area contributed by atoms with Gasteiger partial charge in [-0.15, -0.1) is 0 Å². The Labute approximate surface area is 69.8 Å². The fourth-order valence-corrected chi connectivity index (χ4v) is 3.03. The van der Waals surface area contributed by atoms with E-state index in [9.17, 15) is 0 Å². The van der Waals surface area contributed by atoms with Crippen molar-refractivity contribution < 1.29 is 4.90 Å². The van der Waals surface area contributed by atoms with E-state index in [0.717, 1.165) is 12.0 Å². The van der Waals surface area contributed by atoms with Gasteiger partial charge in [0.1, 0.15) is 0 Å². The van der Waals surface area contributed by atoms with Crippen LogP contribution in [0, 0.1) is 5.92 Å². The zero-order chi connectivity index (χ0) is 7.68. The molecule has 1 nitrogen and oxygen atoms in total. The van der Waals surface area contributed by atoms with Crippen LogP contribution in [0.25, 0.3) is 0 Å². The molecule has 1 saturated heterocycles. The molecule has 2 fully saturated rings. The maximum atomic E-state index is 2.39. The first kappa shape index (κ1) is 7.60. The number of nitrogens with one attached hydrogen (secondary N) is 1. The topological polar surface area (TPSA) is 4.44 Å². The lowest BCUT2D eigenvalue weighted by Gasteiger charge is -2.39. The minimum Gasteiger partial charge on any atom is -0.335 e. The van der Waals surface area contributed by atoms with Gasteiger partial charge in [0, 0.05) is 5.92 Å². The van der Waals surface area contributed by atoms with Crippen molar-refractivity contribution in [2.45, 2.75) is 44.6 Å². The second-order valence-corrected chi connectivity index (χ2v) is 4.39. The van der Waals surface area contributed by atoms with Crippen molar-refractivity contribution in [1.29, 1.82) is 0 Å².